The molecule has 0 aromatic carbocycles. The molecule has 2 nitrogen and oxygen atoms in total. The lowest BCUT2D eigenvalue weighted by molar-refractivity contribution is 0.292. The summed E-state index contributed by atoms with van der Waals surface area (Å²) in [5, 5.41) is 3.32. The molecule has 74 valence electrons. The Balaban J connectivity index is 0.000000605. The summed E-state index contributed by atoms with van der Waals surface area (Å²) in [4.78, 5) is 0. The molecule has 0 spiro atoms. The quantitative estimate of drug-likeness (QED) is 0.686. The third-order valence-electron chi connectivity index (χ3n) is 2.81. The van der Waals surface area contributed by atoms with E-state index in [1.54, 1.807) is 0 Å². The van der Waals surface area contributed by atoms with E-state index in [4.69, 9.17) is 5.73 Å². The molecule has 2 aliphatic rings. The van der Waals surface area contributed by atoms with Gasteiger partial charge >= 0.3 is 0 Å². The normalized spacial score (nSPS) is 34.8. The number of hydrogen-bond donors (Lipinski definition) is 2. The molecule has 2 atom stereocenters. The monoisotopic (exact) mass is 212 g/mol. The van der Waals surface area contributed by atoms with E-state index >= 15 is 0 Å². The van der Waals surface area contributed by atoms with Crippen molar-refractivity contribution in [2.24, 2.45) is 17.6 Å². The summed E-state index contributed by atoms with van der Waals surface area (Å²) in [7, 11) is 0. The summed E-state index contributed by atoms with van der Waals surface area (Å²) >= 11 is 0. The molecule has 1 heterocycles. The molecule has 2 rings (SSSR count). The van der Waals surface area contributed by atoms with Crippen LogP contribution in [-0.4, -0.2) is 19.1 Å². The fourth-order valence-corrected chi connectivity index (χ4v) is 2.01. The first-order valence-corrected chi connectivity index (χ1v) is 4.34. The smallest absolute Gasteiger partial charge is 0.0197 e. The molecule has 1 unspecified atom stereocenters. The van der Waals surface area contributed by atoms with E-state index in [-0.39, 0.29) is 24.8 Å². The van der Waals surface area contributed by atoms with Crippen LogP contribution in [0.25, 0.3) is 0 Å². The highest BCUT2D eigenvalue weighted by Gasteiger charge is 2.35. The molecule has 0 radical (unpaired) electrons. The molecule has 0 aromatic heterocycles. The minimum absolute atomic E-state index is 0. The Hall–Kier alpha value is 0.500. The van der Waals surface area contributed by atoms with Crippen molar-refractivity contribution in [3.05, 3.63) is 0 Å². The number of halogens is 2. The molecule has 0 amide bonds. The second kappa shape index (κ2) is 5.28. The maximum Gasteiger partial charge on any atom is 0.0197 e. The van der Waals surface area contributed by atoms with Crippen LogP contribution in [0.3, 0.4) is 0 Å². The maximum atomic E-state index is 5.96. The van der Waals surface area contributed by atoms with Crippen LogP contribution in [0.15, 0.2) is 0 Å². The molecule has 0 bridgehead atoms. The first-order chi connectivity index (χ1) is 4.88. The summed E-state index contributed by atoms with van der Waals surface area (Å²) in [6.07, 6.45) is 4.20. The fourth-order valence-electron chi connectivity index (χ4n) is 2.01. The van der Waals surface area contributed by atoms with Crippen molar-refractivity contribution in [1.82, 2.24) is 5.32 Å². The van der Waals surface area contributed by atoms with Gasteiger partial charge in [0.15, 0.2) is 0 Å². The van der Waals surface area contributed by atoms with Crippen LogP contribution >= 0.6 is 24.8 Å². The van der Waals surface area contributed by atoms with Crippen LogP contribution in [0.1, 0.15) is 19.3 Å². The van der Waals surface area contributed by atoms with Crippen LogP contribution in [0, 0.1) is 11.8 Å². The van der Waals surface area contributed by atoms with Gasteiger partial charge in [-0.1, -0.05) is 0 Å². The van der Waals surface area contributed by atoms with E-state index in [1.807, 2.05) is 0 Å². The zero-order valence-corrected chi connectivity index (χ0v) is 8.79. The summed E-state index contributed by atoms with van der Waals surface area (Å²) in [5.41, 5.74) is 5.96. The molecule has 1 saturated heterocycles. The average molecular weight is 213 g/mol. The summed E-state index contributed by atoms with van der Waals surface area (Å²) in [5.74, 6) is 1.85. The van der Waals surface area contributed by atoms with Crippen molar-refractivity contribution in [2.45, 2.75) is 25.3 Å². The standard InChI is InChI=1S/C8H16N2.2ClH/c9-8-5-10-4-3-7(8)6-1-2-6;;/h6-8,10H,1-5,9H2;2*1H/t7?,8-;;/m0../s1. The van der Waals surface area contributed by atoms with Gasteiger partial charge < -0.3 is 11.1 Å². The summed E-state index contributed by atoms with van der Waals surface area (Å²) in [6.45, 7) is 2.23. The van der Waals surface area contributed by atoms with Gasteiger partial charge in [-0.15, -0.1) is 24.8 Å². The average Bonchev–Trinajstić information content (AvgIpc) is 2.71. The minimum Gasteiger partial charge on any atom is -0.326 e. The fraction of sp³-hybridized carbons (Fsp3) is 1.00. The zero-order chi connectivity index (χ0) is 6.97. The van der Waals surface area contributed by atoms with Crippen molar-refractivity contribution in [2.75, 3.05) is 13.1 Å². The number of hydrogen-bond acceptors (Lipinski definition) is 2. The summed E-state index contributed by atoms with van der Waals surface area (Å²) < 4.78 is 0. The Labute approximate surface area is 86.5 Å². The number of nitrogens with two attached hydrogens (primary N) is 1. The predicted octanol–water partition coefficient (Wildman–Crippen LogP) is 1.18. The highest BCUT2D eigenvalue weighted by Crippen LogP contribution is 2.40. The first-order valence-electron chi connectivity index (χ1n) is 4.34. The van der Waals surface area contributed by atoms with E-state index in [0.717, 1.165) is 18.4 Å². The zero-order valence-electron chi connectivity index (χ0n) is 7.16. The SMILES string of the molecule is Cl.Cl.N[C@H]1CNCCC1C1CC1. The molecule has 1 saturated carbocycles. The van der Waals surface area contributed by atoms with Crippen molar-refractivity contribution < 1.29 is 0 Å². The van der Waals surface area contributed by atoms with Gasteiger partial charge in [0, 0.05) is 12.6 Å². The van der Waals surface area contributed by atoms with Crippen molar-refractivity contribution in [1.29, 1.82) is 0 Å². The molecular formula is C8H18Cl2N2. The van der Waals surface area contributed by atoms with Gasteiger partial charge in [-0.3, -0.25) is 0 Å². The first kappa shape index (κ1) is 12.5. The lowest BCUT2D eigenvalue weighted by atomic mass is 9.89. The molecule has 0 aromatic rings. The number of nitrogens with one attached hydrogen (secondary N) is 1. The lowest BCUT2D eigenvalue weighted by Gasteiger charge is -2.29. The molecule has 1 aliphatic carbocycles. The van der Waals surface area contributed by atoms with Crippen LogP contribution in [0.4, 0.5) is 0 Å². The van der Waals surface area contributed by atoms with Crippen LogP contribution in [-0.2, 0) is 0 Å². The van der Waals surface area contributed by atoms with E-state index in [2.05, 4.69) is 5.32 Å². The van der Waals surface area contributed by atoms with Crippen LogP contribution < -0.4 is 11.1 Å². The largest absolute Gasteiger partial charge is 0.326 e. The number of piperidine rings is 1. The Morgan fingerprint density at radius 2 is 1.75 bits per heavy atom. The van der Waals surface area contributed by atoms with Crippen molar-refractivity contribution >= 4 is 24.8 Å². The van der Waals surface area contributed by atoms with Gasteiger partial charge in [-0.2, -0.15) is 0 Å². The van der Waals surface area contributed by atoms with Crippen LogP contribution in [0.5, 0.6) is 0 Å². The molecular weight excluding hydrogens is 195 g/mol. The second-order valence-corrected chi connectivity index (χ2v) is 3.66. The van der Waals surface area contributed by atoms with E-state index < -0.39 is 0 Å². The lowest BCUT2D eigenvalue weighted by Crippen LogP contribution is -2.46. The van der Waals surface area contributed by atoms with Crippen molar-refractivity contribution in [3.63, 3.8) is 0 Å². The molecule has 3 N–H and O–H groups in total. The van der Waals surface area contributed by atoms with Gasteiger partial charge in [0.2, 0.25) is 0 Å². The van der Waals surface area contributed by atoms with E-state index in [1.165, 1.54) is 25.8 Å². The Morgan fingerprint density at radius 3 is 2.25 bits per heavy atom. The molecule has 2 fully saturated rings. The Bertz CT molecular complexity index is 128. The van der Waals surface area contributed by atoms with Gasteiger partial charge in [0.25, 0.3) is 0 Å². The number of rotatable bonds is 1. The predicted molar refractivity (Wildman–Crippen MR) is 56.2 cm³/mol. The van der Waals surface area contributed by atoms with Gasteiger partial charge in [0.1, 0.15) is 0 Å². The van der Waals surface area contributed by atoms with E-state index in [9.17, 15) is 0 Å². The van der Waals surface area contributed by atoms with Gasteiger partial charge in [0.05, 0.1) is 0 Å². The topological polar surface area (TPSA) is 38.0 Å². The molecule has 4 heteroatoms. The molecule has 1 aliphatic heterocycles. The minimum atomic E-state index is 0. The van der Waals surface area contributed by atoms with Gasteiger partial charge in [-0.05, 0) is 37.6 Å². The molecule has 12 heavy (non-hydrogen) atoms. The highest BCUT2D eigenvalue weighted by molar-refractivity contribution is 5.85. The Morgan fingerprint density at radius 1 is 1.08 bits per heavy atom. The van der Waals surface area contributed by atoms with Crippen molar-refractivity contribution in [3.8, 4) is 0 Å². The Kier molecular flexibility index (Phi) is 5.50. The highest BCUT2D eigenvalue weighted by atomic mass is 35.5. The maximum absolute atomic E-state index is 5.96. The third kappa shape index (κ3) is 2.77. The van der Waals surface area contributed by atoms with E-state index in [0.29, 0.717) is 6.04 Å². The van der Waals surface area contributed by atoms with Crippen LogP contribution in [0.2, 0.25) is 0 Å². The van der Waals surface area contributed by atoms with Gasteiger partial charge in [-0.25, -0.2) is 0 Å². The summed E-state index contributed by atoms with van der Waals surface area (Å²) in [6, 6.07) is 0.446. The third-order valence-corrected chi connectivity index (χ3v) is 2.81. The second-order valence-electron chi connectivity index (χ2n) is 3.66.